The molecule has 5 aromatic carbocycles. The Morgan fingerprint density at radius 2 is 1.09 bits per heavy atom. The zero-order valence-electron chi connectivity index (χ0n) is 12.8. The monoisotopic (exact) mass is 280 g/mol. The van der Waals surface area contributed by atoms with Gasteiger partial charge in [0.2, 0.25) is 0 Å². The maximum Gasteiger partial charge on any atom is -0.00176 e. The molecule has 0 fully saturated rings. The van der Waals surface area contributed by atoms with Gasteiger partial charge in [0, 0.05) is 0 Å². The highest BCUT2D eigenvalue weighted by Gasteiger charge is 2.14. The summed E-state index contributed by atoms with van der Waals surface area (Å²) in [4.78, 5) is 0. The molecule has 5 aromatic rings. The van der Waals surface area contributed by atoms with Gasteiger partial charge in [0.1, 0.15) is 0 Å². The van der Waals surface area contributed by atoms with Crippen molar-refractivity contribution in [3.8, 4) is 0 Å². The van der Waals surface area contributed by atoms with Crippen LogP contribution in [0, 0.1) is 13.8 Å². The van der Waals surface area contributed by atoms with E-state index in [4.69, 9.17) is 0 Å². The molecule has 0 aliphatic heterocycles. The van der Waals surface area contributed by atoms with Crippen LogP contribution in [0.15, 0.2) is 60.7 Å². The molecule has 0 saturated heterocycles. The number of benzene rings is 5. The second-order valence-electron chi connectivity index (χ2n) is 6.32. The quantitative estimate of drug-likeness (QED) is 0.229. The van der Waals surface area contributed by atoms with E-state index in [-0.39, 0.29) is 0 Å². The summed E-state index contributed by atoms with van der Waals surface area (Å²) in [5.41, 5.74) is 2.71. The van der Waals surface area contributed by atoms with Crippen LogP contribution in [0.25, 0.3) is 43.1 Å². The molecule has 0 nitrogen and oxygen atoms in total. The largest absolute Gasteiger partial charge is 0.0616 e. The van der Waals surface area contributed by atoms with Gasteiger partial charge in [-0.25, -0.2) is 0 Å². The van der Waals surface area contributed by atoms with Crippen molar-refractivity contribution in [3.05, 3.63) is 71.8 Å². The van der Waals surface area contributed by atoms with Gasteiger partial charge in [-0.15, -0.1) is 0 Å². The van der Waals surface area contributed by atoms with Gasteiger partial charge >= 0.3 is 0 Å². The van der Waals surface area contributed by atoms with Crippen LogP contribution in [0.2, 0.25) is 0 Å². The molecule has 0 aliphatic rings. The Hall–Kier alpha value is -2.60. The molecule has 0 aromatic heterocycles. The molecular weight excluding hydrogens is 264 g/mol. The number of rotatable bonds is 0. The third-order valence-corrected chi connectivity index (χ3v) is 5.08. The average molecular weight is 280 g/mol. The number of aryl methyl sites for hydroxylation is 2. The third kappa shape index (κ3) is 1.33. The molecule has 0 aliphatic carbocycles. The molecule has 5 rings (SSSR count). The van der Waals surface area contributed by atoms with Gasteiger partial charge in [-0.3, -0.25) is 0 Å². The average Bonchev–Trinajstić information content (AvgIpc) is 2.55. The van der Waals surface area contributed by atoms with E-state index >= 15 is 0 Å². The fourth-order valence-corrected chi connectivity index (χ4v) is 4.02. The van der Waals surface area contributed by atoms with Gasteiger partial charge in [-0.1, -0.05) is 60.7 Å². The van der Waals surface area contributed by atoms with Crippen LogP contribution < -0.4 is 0 Å². The van der Waals surface area contributed by atoms with Gasteiger partial charge in [-0.2, -0.15) is 0 Å². The summed E-state index contributed by atoms with van der Waals surface area (Å²) in [5, 5.41) is 11.1. The zero-order chi connectivity index (χ0) is 14.8. The summed E-state index contributed by atoms with van der Waals surface area (Å²) < 4.78 is 0. The predicted molar refractivity (Wildman–Crippen MR) is 97.1 cm³/mol. The maximum atomic E-state index is 2.29. The van der Waals surface area contributed by atoms with Crippen LogP contribution >= 0.6 is 0 Å². The fraction of sp³-hybridized carbons (Fsp3) is 0.0909. The summed E-state index contributed by atoms with van der Waals surface area (Å²) in [6.07, 6.45) is 0. The fourth-order valence-electron chi connectivity index (χ4n) is 4.02. The van der Waals surface area contributed by atoms with Crippen molar-refractivity contribution < 1.29 is 0 Å². The molecule has 0 saturated carbocycles. The van der Waals surface area contributed by atoms with Crippen molar-refractivity contribution in [2.24, 2.45) is 0 Å². The molecule has 0 atom stereocenters. The van der Waals surface area contributed by atoms with Crippen LogP contribution in [-0.2, 0) is 0 Å². The molecule has 22 heavy (non-hydrogen) atoms. The zero-order valence-corrected chi connectivity index (χ0v) is 12.8. The molecule has 0 heterocycles. The molecule has 0 amide bonds. The highest BCUT2D eigenvalue weighted by molar-refractivity contribution is 6.34. The Morgan fingerprint density at radius 3 is 1.95 bits per heavy atom. The van der Waals surface area contributed by atoms with E-state index in [2.05, 4.69) is 74.5 Å². The van der Waals surface area contributed by atoms with Crippen molar-refractivity contribution in [1.82, 2.24) is 0 Å². The summed E-state index contributed by atoms with van der Waals surface area (Å²) in [6, 6.07) is 22.4. The van der Waals surface area contributed by atoms with E-state index in [0.717, 1.165) is 0 Å². The van der Waals surface area contributed by atoms with Crippen LogP contribution in [-0.4, -0.2) is 0 Å². The Labute approximate surface area is 129 Å². The van der Waals surface area contributed by atoms with Gasteiger partial charge in [0.15, 0.2) is 0 Å². The normalized spacial score (nSPS) is 12.1. The first-order chi connectivity index (χ1) is 10.8. The minimum Gasteiger partial charge on any atom is -0.0616 e. The molecule has 0 heteroatoms. The van der Waals surface area contributed by atoms with Gasteiger partial charge in [-0.05, 0) is 68.1 Å². The first-order valence-corrected chi connectivity index (χ1v) is 7.81. The standard InChI is InChI=1S/C22H16/c1-13-8-11-19-17-5-3-4-6-18(17)20-14(2)7-9-15-10-12-16(13)22(19)21(15)20/h3-12H,1-2H3. The first-order valence-electron chi connectivity index (χ1n) is 7.81. The molecular formula is C22H16. The van der Waals surface area contributed by atoms with E-state index in [9.17, 15) is 0 Å². The van der Waals surface area contributed by atoms with Gasteiger partial charge < -0.3 is 0 Å². The maximum absolute atomic E-state index is 2.29. The van der Waals surface area contributed by atoms with Crippen molar-refractivity contribution in [2.75, 3.05) is 0 Å². The topological polar surface area (TPSA) is 0 Å². The Bertz CT molecular complexity index is 1180. The minimum atomic E-state index is 1.34. The highest BCUT2D eigenvalue weighted by atomic mass is 14.2. The Morgan fingerprint density at radius 1 is 0.455 bits per heavy atom. The SMILES string of the molecule is Cc1ccc2c3ccccc3c3c(C)ccc4ccc1c2c43. The summed E-state index contributed by atoms with van der Waals surface area (Å²) in [7, 11) is 0. The highest BCUT2D eigenvalue weighted by Crippen LogP contribution is 2.42. The molecule has 0 radical (unpaired) electrons. The molecule has 0 spiro atoms. The molecule has 0 bridgehead atoms. The smallest absolute Gasteiger partial charge is 0.00176 e. The van der Waals surface area contributed by atoms with Gasteiger partial charge in [0.05, 0.1) is 0 Å². The third-order valence-electron chi connectivity index (χ3n) is 5.08. The number of hydrogen-bond donors (Lipinski definition) is 0. The lowest BCUT2D eigenvalue weighted by Crippen LogP contribution is -1.90. The lowest BCUT2D eigenvalue weighted by molar-refractivity contribution is 1.54. The summed E-state index contributed by atoms with van der Waals surface area (Å²) in [5.74, 6) is 0. The Balaban J connectivity index is 2.32. The van der Waals surface area contributed by atoms with Crippen molar-refractivity contribution in [2.45, 2.75) is 13.8 Å². The lowest BCUT2D eigenvalue weighted by Gasteiger charge is -2.17. The molecule has 104 valence electrons. The number of hydrogen-bond acceptors (Lipinski definition) is 0. The second-order valence-corrected chi connectivity index (χ2v) is 6.32. The minimum absolute atomic E-state index is 1.34. The second kappa shape index (κ2) is 3.98. The van der Waals surface area contributed by atoms with Crippen LogP contribution in [0.3, 0.4) is 0 Å². The lowest BCUT2D eigenvalue weighted by atomic mass is 9.86. The van der Waals surface area contributed by atoms with Gasteiger partial charge in [0.25, 0.3) is 0 Å². The molecule has 0 N–H and O–H groups in total. The van der Waals surface area contributed by atoms with Crippen LogP contribution in [0.1, 0.15) is 11.1 Å². The Kier molecular flexibility index (Phi) is 2.17. The predicted octanol–water partition coefficient (Wildman–Crippen LogP) is 6.35. The van der Waals surface area contributed by atoms with E-state index in [1.54, 1.807) is 0 Å². The van der Waals surface area contributed by atoms with Crippen molar-refractivity contribution >= 4 is 43.1 Å². The summed E-state index contributed by atoms with van der Waals surface area (Å²) >= 11 is 0. The van der Waals surface area contributed by atoms with Crippen LogP contribution in [0.4, 0.5) is 0 Å². The first kappa shape index (κ1) is 12.0. The number of fused-ring (bicyclic) bond motifs is 3. The van der Waals surface area contributed by atoms with E-state index in [1.807, 2.05) is 0 Å². The van der Waals surface area contributed by atoms with E-state index in [1.165, 1.54) is 54.2 Å². The summed E-state index contributed by atoms with van der Waals surface area (Å²) in [6.45, 7) is 4.44. The van der Waals surface area contributed by atoms with Crippen LogP contribution in [0.5, 0.6) is 0 Å². The van der Waals surface area contributed by atoms with Crippen molar-refractivity contribution in [3.63, 3.8) is 0 Å². The van der Waals surface area contributed by atoms with Crippen molar-refractivity contribution in [1.29, 1.82) is 0 Å². The van der Waals surface area contributed by atoms with E-state index in [0.29, 0.717) is 0 Å². The molecule has 0 unspecified atom stereocenters. The van der Waals surface area contributed by atoms with E-state index < -0.39 is 0 Å².